The number of aryl methyl sites for hydroxylation is 1. The lowest BCUT2D eigenvalue weighted by Crippen LogP contribution is -2.05. The molecule has 1 aliphatic rings. The molecular weight excluding hydrogens is 322 g/mol. The summed E-state index contributed by atoms with van der Waals surface area (Å²) in [5.41, 5.74) is 2.10. The number of carbonyl (C=O) groups is 1. The molecule has 0 unspecified atom stereocenters. The normalized spacial score (nSPS) is 12.9. The van der Waals surface area contributed by atoms with Gasteiger partial charge >= 0.3 is 5.69 Å². The lowest BCUT2D eigenvalue weighted by Gasteiger charge is -2.09. The number of Topliss-reactive ketones (excluding diaryl/α,β-unsaturated/α-hetero) is 1. The lowest BCUT2D eigenvalue weighted by molar-refractivity contribution is -0.384. The quantitative estimate of drug-likeness (QED) is 0.580. The highest BCUT2D eigenvalue weighted by Crippen LogP contribution is 2.30. The van der Waals surface area contributed by atoms with E-state index in [0.29, 0.717) is 23.5 Å². The summed E-state index contributed by atoms with van der Waals surface area (Å²) >= 11 is 0. The number of nitrogens with zero attached hydrogens (tertiary/aromatic N) is 4. The van der Waals surface area contributed by atoms with Crippen molar-refractivity contribution in [2.75, 3.05) is 5.32 Å². The second-order valence-corrected chi connectivity index (χ2v) is 5.67. The number of anilines is 2. The van der Waals surface area contributed by atoms with Crippen LogP contribution in [0.15, 0.2) is 48.8 Å². The van der Waals surface area contributed by atoms with E-state index in [0.717, 1.165) is 12.0 Å². The molecule has 2 heterocycles. The predicted molar refractivity (Wildman–Crippen MR) is 90.4 cm³/mol. The number of hydrogen-bond donors (Lipinski definition) is 1. The molecule has 0 bridgehead atoms. The number of carbonyl (C=O) groups excluding carboxylic acids is 1. The van der Waals surface area contributed by atoms with Gasteiger partial charge in [0.25, 0.3) is 0 Å². The topological polar surface area (TPSA) is 103 Å². The first-order valence-corrected chi connectivity index (χ1v) is 7.70. The molecule has 0 saturated carbocycles. The highest BCUT2D eigenvalue weighted by molar-refractivity contribution is 6.01. The largest absolute Gasteiger partial charge is 0.334 e. The van der Waals surface area contributed by atoms with E-state index in [1.165, 1.54) is 16.8 Å². The average molecular weight is 335 g/mol. The molecule has 0 amide bonds. The van der Waals surface area contributed by atoms with Crippen molar-refractivity contribution < 1.29 is 9.72 Å². The van der Waals surface area contributed by atoms with Crippen LogP contribution in [0, 0.1) is 10.1 Å². The van der Waals surface area contributed by atoms with E-state index in [1.807, 2.05) is 6.07 Å². The maximum atomic E-state index is 11.9. The van der Waals surface area contributed by atoms with Gasteiger partial charge in [-0.1, -0.05) is 6.07 Å². The number of hydrogen-bond acceptors (Lipinski definition) is 6. The minimum atomic E-state index is -0.499. The third-order valence-corrected chi connectivity index (χ3v) is 4.09. The maximum Gasteiger partial charge on any atom is 0.311 e. The molecule has 4 rings (SSSR count). The van der Waals surface area contributed by atoms with Crippen molar-refractivity contribution in [1.29, 1.82) is 0 Å². The van der Waals surface area contributed by atoms with Crippen molar-refractivity contribution in [2.45, 2.75) is 12.8 Å². The summed E-state index contributed by atoms with van der Waals surface area (Å²) in [6.45, 7) is 0. The molecule has 1 aromatic carbocycles. The summed E-state index contributed by atoms with van der Waals surface area (Å²) in [6, 6.07) is 10.0. The molecule has 0 radical (unpaired) electrons. The van der Waals surface area contributed by atoms with Crippen molar-refractivity contribution in [1.82, 2.24) is 14.8 Å². The smallest absolute Gasteiger partial charge is 0.311 e. The molecule has 0 saturated heterocycles. The van der Waals surface area contributed by atoms with Crippen molar-refractivity contribution in [3.8, 4) is 5.82 Å². The van der Waals surface area contributed by atoms with Gasteiger partial charge in [0.15, 0.2) is 11.6 Å². The van der Waals surface area contributed by atoms with E-state index in [-0.39, 0.29) is 17.3 Å². The molecule has 1 N–H and O–H groups in total. The van der Waals surface area contributed by atoms with E-state index in [2.05, 4.69) is 15.4 Å². The van der Waals surface area contributed by atoms with Crippen LogP contribution in [0.5, 0.6) is 0 Å². The molecule has 8 nitrogen and oxygen atoms in total. The molecular formula is C17H13N5O3. The van der Waals surface area contributed by atoms with Crippen LogP contribution in [-0.4, -0.2) is 25.5 Å². The summed E-state index contributed by atoms with van der Waals surface area (Å²) in [5, 5.41) is 18.3. The summed E-state index contributed by atoms with van der Waals surface area (Å²) in [6.07, 6.45) is 4.54. The zero-order chi connectivity index (χ0) is 17.4. The Balaban J connectivity index is 1.74. The minimum absolute atomic E-state index is 0.0893. The summed E-state index contributed by atoms with van der Waals surface area (Å²) in [4.78, 5) is 27.0. The maximum absolute atomic E-state index is 11.9. The fourth-order valence-electron chi connectivity index (χ4n) is 2.86. The van der Waals surface area contributed by atoms with E-state index in [9.17, 15) is 14.9 Å². The van der Waals surface area contributed by atoms with Gasteiger partial charge in [-0.3, -0.25) is 14.9 Å². The van der Waals surface area contributed by atoms with Gasteiger partial charge in [-0.15, -0.1) is 0 Å². The monoisotopic (exact) mass is 335 g/mol. The number of aromatic nitrogens is 3. The summed E-state index contributed by atoms with van der Waals surface area (Å²) < 4.78 is 1.52. The van der Waals surface area contributed by atoms with Crippen LogP contribution < -0.4 is 5.32 Å². The summed E-state index contributed by atoms with van der Waals surface area (Å²) in [7, 11) is 0. The first-order valence-electron chi connectivity index (χ1n) is 7.70. The Morgan fingerprint density at radius 2 is 2.08 bits per heavy atom. The Kier molecular flexibility index (Phi) is 3.50. The van der Waals surface area contributed by atoms with E-state index < -0.39 is 4.92 Å². The zero-order valence-electron chi connectivity index (χ0n) is 13.0. The predicted octanol–water partition coefficient (Wildman–Crippen LogP) is 3.05. The third-order valence-electron chi connectivity index (χ3n) is 4.09. The Labute approximate surface area is 142 Å². The van der Waals surface area contributed by atoms with Crippen LogP contribution in [-0.2, 0) is 6.42 Å². The highest BCUT2D eigenvalue weighted by Gasteiger charge is 2.21. The Morgan fingerprint density at radius 3 is 2.84 bits per heavy atom. The molecule has 124 valence electrons. The molecule has 3 aromatic rings. The molecule has 2 aromatic heterocycles. The van der Waals surface area contributed by atoms with Crippen LogP contribution >= 0.6 is 0 Å². The van der Waals surface area contributed by atoms with Gasteiger partial charge in [0.05, 0.1) is 4.92 Å². The number of benzene rings is 1. The van der Waals surface area contributed by atoms with Gasteiger partial charge in [-0.2, -0.15) is 5.10 Å². The zero-order valence-corrected chi connectivity index (χ0v) is 13.0. The van der Waals surface area contributed by atoms with Crippen molar-refractivity contribution in [3.63, 3.8) is 0 Å². The molecule has 25 heavy (non-hydrogen) atoms. The lowest BCUT2D eigenvalue weighted by atomic mass is 10.1. The number of fused-ring (bicyclic) bond motifs is 1. The van der Waals surface area contributed by atoms with Gasteiger partial charge in [-0.25, -0.2) is 9.67 Å². The van der Waals surface area contributed by atoms with Crippen LogP contribution in [0.25, 0.3) is 5.82 Å². The van der Waals surface area contributed by atoms with Gasteiger partial charge in [-0.05, 0) is 36.2 Å². The van der Waals surface area contributed by atoms with Gasteiger partial charge < -0.3 is 5.32 Å². The molecule has 0 aliphatic heterocycles. The number of ketones is 1. The van der Waals surface area contributed by atoms with Crippen LogP contribution in [0.1, 0.15) is 22.3 Å². The SMILES string of the molecule is O=C1CCc2ccc(Nc3nc(-n4cccn4)ccc3[N+](=O)[O-])cc21. The fourth-order valence-corrected chi connectivity index (χ4v) is 2.86. The number of rotatable bonds is 4. The Morgan fingerprint density at radius 1 is 1.20 bits per heavy atom. The molecule has 0 fully saturated rings. The first-order chi connectivity index (χ1) is 12.1. The molecule has 0 atom stereocenters. The van der Waals surface area contributed by atoms with E-state index in [4.69, 9.17) is 0 Å². The Hall–Kier alpha value is -3.55. The second-order valence-electron chi connectivity index (χ2n) is 5.67. The average Bonchev–Trinajstić information content (AvgIpc) is 3.25. The Bertz CT molecular complexity index is 982. The highest BCUT2D eigenvalue weighted by atomic mass is 16.6. The van der Waals surface area contributed by atoms with Gasteiger partial charge in [0, 0.05) is 36.1 Å². The molecule has 1 aliphatic carbocycles. The van der Waals surface area contributed by atoms with Crippen molar-refractivity contribution in [3.05, 3.63) is 70.0 Å². The third kappa shape index (κ3) is 2.74. The number of nitro groups is 1. The van der Waals surface area contributed by atoms with Crippen LogP contribution in [0.2, 0.25) is 0 Å². The summed E-state index contributed by atoms with van der Waals surface area (Å²) in [5.74, 6) is 0.644. The van der Waals surface area contributed by atoms with Crippen LogP contribution in [0.4, 0.5) is 17.2 Å². The standard InChI is InChI=1S/C17H13N5O3/c23-15-6-3-11-2-4-12(10-13(11)15)19-17-14(22(24)25)5-7-16(20-17)21-9-1-8-18-21/h1-2,4-5,7-10H,3,6H2,(H,19,20). The number of nitrogens with one attached hydrogen (secondary N) is 1. The van der Waals surface area contributed by atoms with Gasteiger partial charge in [0.2, 0.25) is 5.82 Å². The van der Waals surface area contributed by atoms with Crippen molar-refractivity contribution in [2.24, 2.45) is 0 Å². The first kappa shape index (κ1) is 15.0. The van der Waals surface area contributed by atoms with Crippen LogP contribution in [0.3, 0.4) is 0 Å². The number of pyridine rings is 1. The van der Waals surface area contributed by atoms with Crippen molar-refractivity contribution >= 4 is 23.0 Å². The second kappa shape index (κ2) is 5.82. The minimum Gasteiger partial charge on any atom is -0.334 e. The van der Waals surface area contributed by atoms with E-state index >= 15 is 0 Å². The van der Waals surface area contributed by atoms with E-state index in [1.54, 1.807) is 30.6 Å². The fraction of sp³-hybridized carbons (Fsp3) is 0.118. The molecule has 8 heteroatoms. The van der Waals surface area contributed by atoms with Gasteiger partial charge in [0.1, 0.15) is 0 Å². The molecule has 0 spiro atoms.